The normalized spacial score (nSPS) is 12.8. The average Bonchev–Trinajstić information content (AvgIpc) is 2.92. The van der Waals surface area contributed by atoms with Gasteiger partial charge in [-0.3, -0.25) is 13.9 Å². The van der Waals surface area contributed by atoms with Gasteiger partial charge in [-0.15, -0.1) is 0 Å². The van der Waals surface area contributed by atoms with E-state index < -0.39 is 28.5 Å². The lowest BCUT2D eigenvalue weighted by Gasteiger charge is -2.34. The zero-order chi connectivity index (χ0) is 28.6. The molecular weight excluding hydrogens is 510 g/mol. The fourth-order valence-corrected chi connectivity index (χ4v) is 5.81. The topological polar surface area (TPSA) is 86.8 Å². The Hall–Kier alpha value is -3.65. The quantitative estimate of drug-likeness (QED) is 0.336. The standard InChI is InChI=1S/C31H39N3O4S/c1-6-25(5)32-31(36)28(7-2)33(21-26-14-9-8-10-15-26)30(35)22-34(29-16-12-11-13-24(29)4)39(37,38)27-19-17-23(3)18-20-27/h8-20,25,28H,6-7,21-22H2,1-5H3,(H,32,36). The number of carbonyl (C=O) groups excluding carboxylic acids is 2. The van der Waals surface area contributed by atoms with E-state index in [1.54, 1.807) is 36.4 Å². The minimum absolute atomic E-state index is 0.0504. The van der Waals surface area contributed by atoms with Gasteiger partial charge in [-0.25, -0.2) is 8.42 Å². The largest absolute Gasteiger partial charge is 0.352 e. The van der Waals surface area contributed by atoms with E-state index in [4.69, 9.17) is 0 Å². The smallest absolute Gasteiger partial charge is 0.264 e. The molecule has 0 saturated carbocycles. The van der Waals surface area contributed by atoms with Gasteiger partial charge in [-0.2, -0.15) is 0 Å². The fourth-order valence-electron chi connectivity index (χ4n) is 4.33. The first-order valence-electron chi connectivity index (χ1n) is 13.4. The van der Waals surface area contributed by atoms with E-state index in [2.05, 4.69) is 5.32 Å². The third-order valence-electron chi connectivity index (χ3n) is 6.85. The van der Waals surface area contributed by atoms with Crippen LogP contribution in [-0.4, -0.2) is 43.8 Å². The van der Waals surface area contributed by atoms with Gasteiger partial charge in [0, 0.05) is 12.6 Å². The molecule has 3 rings (SSSR count). The highest BCUT2D eigenvalue weighted by Crippen LogP contribution is 2.27. The van der Waals surface area contributed by atoms with Crippen molar-refractivity contribution in [2.75, 3.05) is 10.8 Å². The second-order valence-corrected chi connectivity index (χ2v) is 11.7. The van der Waals surface area contributed by atoms with Crippen LogP contribution in [0.5, 0.6) is 0 Å². The Morgan fingerprint density at radius 2 is 1.46 bits per heavy atom. The van der Waals surface area contributed by atoms with Crippen molar-refractivity contribution in [2.24, 2.45) is 0 Å². The zero-order valence-corrected chi connectivity index (χ0v) is 24.2. The van der Waals surface area contributed by atoms with Crippen molar-refractivity contribution < 1.29 is 18.0 Å². The lowest BCUT2D eigenvalue weighted by molar-refractivity contribution is -0.140. The Morgan fingerprint density at radius 3 is 2.05 bits per heavy atom. The summed E-state index contributed by atoms with van der Waals surface area (Å²) < 4.78 is 29.1. The van der Waals surface area contributed by atoms with Gasteiger partial charge in [-0.1, -0.05) is 80.1 Å². The molecule has 3 aromatic rings. The first kappa shape index (κ1) is 29.9. The highest BCUT2D eigenvalue weighted by Gasteiger charge is 2.34. The average molecular weight is 550 g/mol. The summed E-state index contributed by atoms with van der Waals surface area (Å²) in [5, 5.41) is 2.99. The molecule has 0 aliphatic carbocycles. The van der Waals surface area contributed by atoms with Gasteiger partial charge in [0.05, 0.1) is 10.6 Å². The number of hydrogen-bond acceptors (Lipinski definition) is 4. The van der Waals surface area contributed by atoms with Crippen LogP contribution in [0.4, 0.5) is 5.69 Å². The Labute approximate surface area is 232 Å². The maximum absolute atomic E-state index is 14.1. The van der Waals surface area contributed by atoms with Crippen molar-refractivity contribution in [1.29, 1.82) is 0 Å². The van der Waals surface area contributed by atoms with Crippen LogP contribution in [0.25, 0.3) is 0 Å². The Bertz CT molecular complexity index is 1360. The molecule has 2 atom stereocenters. The zero-order valence-electron chi connectivity index (χ0n) is 23.4. The number of anilines is 1. The molecule has 0 aliphatic rings. The van der Waals surface area contributed by atoms with Gasteiger partial charge in [-0.05, 0) is 62.9 Å². The van der Waals surface area contributed by atoms with Crippen molar-refractivity contribution in [2.45, 2.75) is 71.0 Å². The molecular formula is C31H39N3O4S. The Morgan fingerprint density at radius 1 is 0.846 bits per heavy atom. The van der Waals surface area contributed by atoms with Crippen LogP contribution in [0.1, 0.15) is 50.3 Å². The van der Waals surface area contributed by atoms with Crippen molar-refractivity contribution in [3.63, 3.8) is 0 Å². The summed E-state index contributed by atoms with van der Waals surface area (Å²) >= 11 is 0. The molecule has 208 valence electrons. The molecule has 0 aromatic heterocycles. The number of carbonyl (C=O) groups is 2. The number of hydrogen-bond donors (Lipinski definition) is 1. The minimum Gasteiger partial charge on any atom is -0.352 e. The maximum atomic E-state index is 14.1. The second kappa shape index (κ2) is 13.4. The van der Waals surface area contributed by atoms with Crippen molar-refractivity contribution in [1.82, 2.24) is 10.2 Å². The third kappa shape index (κ3) is 7.47. The van der Waals surface area contributed by atoms with E-state index in [1.807, 2.05) is 77.1 Å². The lowest BCUT2D eigenvalue weighted by Crippen LogP contribution is -2.53. The molecule has 0 bridgehead atoms. The molecule has 8 heteroatoms. The van der Waals surface area contributed by atoms with Crippen LogP contribution < -0.4 is 9.62 Å². The Balaban J connectivity index is 2.05. The monoisotopic (exact) mass is 549 g/mol. The molecule has 1 N–H and O–H groups in total. The number of amides is 2. The molecule has 3 aromatic carbocycles. The lowest BCUT2D eigenvalue weighted by atomic mass is 10.1. The van der Waals surface area contributed by atoms with Gasteiger partial charge in [0.25, 0.3) is 10.0 Å². The summed E-state index contributed by atoms with van der Waals surface area (Å²) in [7, 11) is -4.09. The second-order valence-electron chi connectivity index (χ2n) is 9.86. The number of aryl methyl sites for hydroxylation is 2. The first-order chi connectivity index (χ1) is 18.6. The Kier molecular flexibility index (Phi) is 10.3. The summed E-state index contributed by atoms with van der Waals surface area (Å²) in [4.78, 5) is 29.0. The van der Waals surface area contributed by atoms with Gasteiger partial charge >= 0.3 is 0 Å². The van der Waals surface area contributed by atoms with Crippen LogP contribution >= 0.6 is 0 Å². The highest BCUT2D eigenvalue weighted by molar-refractivity contribution is 7.92. The van der Waals surface area contributed by atoms with Gasteiger partial charge in [0.15, 0.2) is 0 Å². The van der Waals surface area contributed by atoms with Crippen LogP contribution in [0, 0.1) is 13.8 Å². The summed E-state index contributed by atoms with van der Waals surface area (Å²) in [5.74, 6) is -0.705. The molecule has 7 nitrogen and oxygen atoms in total. The summed E-state index contributed by atoms with van der Waals surface area (Å²) in [6, 6.07) is 22.3. The van der Waals surface area contributed by atoms with Gasteiger partial charge < -0.3 is 10.2 Å². The van der Waals surface area contributed by atoms with Crippen LogP contribution in [-0.2, 0) is 26.2 Å². The number of nitrogens with one attached hydrogen (secondary N) is 1. The number of sulfonamides is 1. The molecule has 0 fully saturated rings. The molecule has 39 heavy (non-hydrogen) atoms. The molecule has 0 heterocycles. The van der Waals surface area contributed by atoms with E-state index in [9.17, 15) is 18.0 Å². The van der Waals surface area contributed by atoms with Crippen molar-refractivity contribution in [3.05, 3.63) is 95.6 Å². The van der Waals surface area contributed by atoms with E-state index in [-0.39, 0.29) is 23.4 Å². The summed E-state index contributed by atoms with van der Waals surface area (Å²) in [5.41, 5.74) is 2.92. The fraction of sp³-hybridized carbons (Fsp3) is 0.355. The molecule has 0 aliphatic heterocycles. The first-order valence-corrected chi connectivity index (χ1v) is 14.8. The maximum Gasteiger partial charge on any atom is 0.264 e. The van der Waals surface area contributed by atoms with E-state index in [1.165, 1.54) is 4.90 Å². The predicted octanol–water partition coefficient (Wildman–Crippen LogP) is 5.22. The van der Waals surface area contributed by atoms with E-state index in [0.717, 1.165) is 27.4 Å². The van der Waals surface area contributed by atoms with E-state index >= 15 is 0 Å². The minimum atomic E-state index is -4.09. The number of rotatable bonds is 12. The molecule has 0 spiro atoms. The number of para-hydroxylation sites is 1. The van der Waals surface area contributed by atoms with Crippen molar-refractivity contribution in [3.8, 4) is 0 Å². The van der Waals surface area contributed by atoms with Crippen molar-refractivity contribution >= 4 is 27.5 Å². The SMILES string of the molecule is CCC(C)NC(=O)C(CC)N(Cc1ccccc1)C(=O)CN(c1ccccc1C)S(=O)(=O)c1ccc(C)cc1. The third-order valence-corrected chi connectivity index (χ3v) is 8.63. The molecule has 2 amide bonds. The molecule has 0 saturated heterocycles. The van der Waals surface area contributed by atoms with Gasteiger partial charge in [0.2, 0.25) is 11.8 Å². The molecule has 0 radical (unpaired) electrons. The summed E-state index contributed by atoms with van der Waals surface area (Å²) in [6.45, 7) is 9.19. The molecule has 2 unspecified atom stereocenters. The van der Waals surface area contributed by atoms with Gasteiger partial charge in [0.1, 0.15) is 12.6 Å². The number of benzene rings is 3. The van der Waals surface area contributed by atoms with E-state index in [0.29, 0.717) is 12.1 Å². The van der Waals surface area contributed by atoms with Crippen LogP contribution in [0.15, 0.2) is 83.8 Å². The predicted molar refractivity (Wildman–Crippen MR) is 156 cm³/mol. The highest BCUT2D eigenvalue weighted by atomic mass is 32.2. The van der Waals surface area contributed by atoms with Crippen LogP contribution in [0.2, 0.25) is 0 Å². The number of nitrogens with zero attached hydrogens (tertiary/aromatic N) is 2. The van der Waals surface area contributed by atoms with Crippen LogP contribution in [0.3, 0.4) is 0 Å². The summed E-state index contributed by atoms with van der Waals surface area (Å²) in [6.07, 6.45) is 1.14.